The molecule has 2 N–H and O–H groups in total. The fourth-order valence-corrected chi connectivity index (χ4v) is 1.40. The summed E-state index contributed by atoms with van der Waals surface area (Å²) in [5.74, 6) is -0.137. The van der Waals surface area contributed by atoms with Crippen molar-refractivity contribution in [3.63, 3.8) is 0 Å². The summed E-state index contributed by atoms with van der Waals surface area (Å²) in [5.41, 5.74) is 0.752. The Morgan fingerprint density at radius 1 is 1.15 bits per heavy atom. The number of nitrogens with one attached hydrogen (secondary N) is 1. The Labute approximate surface area is 118 Å². The van der Waals surface area contributed by atoms with Gasteiger partial charge in [-0.25, -0.2) is 0 Å². The number of carbonyl (C=O) groups excluding carboxylic acids is 1. The molecule has 0 saturated heterocycles. The second kappa shape index (κ2) is 10.1. The Balaban J connectivity index is 2.01. The summed E-state index contributed by atoms with van der Waals surface area (Å²) >= 11 is 0. The molecule has 0 unspecified atom stereocenters. The summed E-state index contributed by atoms with van der Waals surface area (Å²) in [7, 11) is 1.62. The lowest BCUT2D eigenvalue weighted by Gasteiger charge is -2.07. The van der Waals surface area contributed by atoms with Gasteiger partial charge in [0.05, 0.1) is 19.8 Å². The summed E-state index contributed by atoms with van der Waals surface area (Å²) in [4.78, 5) is 11.4. The van der Waals surface area contributed by atoms with Crippen LogP contribution in [0.1, 0.15) is 6.42 Å². The lowest BCUT2D eigenvalue weighted by Crippen LogP contribution is -2.18. The third-order valence-electron chi connectivity index (χ3n) is 2.43. The number of aromatic hydroxyl groups is 1. The van der Waals surface area contributed by atoms with Crippen molar-refractivity contribution in [2.24, 2.45) is 0 Å². The monoisotopic (exact) mass is 283 g/mol. The molecule has 0 aliphatic rings. The van der Waals surface area contributed by atoms with Crippen molar-refractivity contribution in [2.45, 2.75) is 6.42 Å². The maximum atomic E-state index is 11.4. The van der Waals surface area contributed by atoms with Crippen molar-refractivity contribution in [3.05, 3.63) is 24.3 Å². The van der Waals surface area contributed by atoms with Crippen LogP contribution in [0.3, 0.4) is 0 Å². The maximum Gasteiger partial charge on any atom is 0.325 e. The highest BCUT2D eigenvalue weighted by Crippen LogP contribution is 2.13. The van der Waals surface area contributed by atoms with Gasteiger partial charge in [-0.3, -0.25) is 4.79 Å². The molecule has 1 rings (SSSR count). The second-order valence-corrected chi connectivity index (χ2v) is 4.08. The van der Waals surface area contributed by atoms with E-state index in [-0.39, 0.29) is 18.3 Å². The van der Waals surface area contributed by atoms with Gasteiger partial charge in [0.2, 0.25) is 0 Å². The van der Waals surface area contributed by atoms with E-state index < -0.39 is 0 Å². The van der Waals surface area contributed by atoms with Crippen molar-refractivity contribution in [1.82, 2.24) is 0 Å². The van der Waals surface area contributed by atoms with Gasteiger partial charge < -0.3 is 24.6 Å². The SMILES string of the molecule is COCCOCCCOC(=O)CNc1ccc(O)cc1. The standard InChI is InChI=1S/C14H21NO5/c1-18-9-10-19-7-2-8-20-14(17)11-15-12-3-5-13(16)6-4-12/h3-6,15-16H,2,7-11H2,1H3. The molecule has 6 nitrogen and oxygen atoms in total. The van der Waals surface area contributed by atoms with Gasteiger partial charge in [0.1, 0.15) is 12.3 Å². The Morgan fingerprint density at radius 2 is 1.90 bits per heavy atom. The molecule has 0 amide bonds. The second-order valence-electron chi connectivity index (χ2n) is 4.08. The van der Waals surface area contributed by atoms with Gasteiger partial charge in [-0.15, -0.1) is 0 Å². The van der Waals surface area contributed by atoms with Gasteiger partial charge in [-0.1, -0.05) is 0 Å². The van der Waals surface area contributed by atoms with Crippen LogP contribution in [0.15, 0.2) is 24.3 Å². The lowest BCUT2D eigenvalue weighted by atomic mass is 10.3. The zero-order chi connectivity index (χ0) is 14.6. The van der Waals surface area contributed by atoms with E-state index in [4.69, 9.17) is 19.3 Å². The van der Waals surface area contributed by atoms with E-state index in [1.54, 1.807) is 31.4 Å². The van der Waals surface area contributed by atoms with Crippen LogP contribution in [0, 0.1) is 0 Å². The molecule has 0 spiro atoms. The topological polar surface area (TPSA) is 77.0 Å². The van der Waals surface area contributed by atoms with Crippen molar-refractivity contribution in [2.75, 3.05) is 45.4 Å². The fraction of sp³-hybridized carbons (Fsp3) is 0.500. The number of rotatable bonds is 10. The predicted molar refractivity (Wildman–Crippen MR) is 74.9 cm³/mol. The van der Waals surface area contributed by atoms with E-state index in [1.807, 2.05) is 0 Å². The fourth-order valence-electron chi connectivity index (χ4n) is 1.40. The maximum absolute atomic E-state index is 11.4. The number of carbonyl (C=O) groups is 1. The van der Waals surface area contributed by atoms with Crippen molar-refractivity contribution in [1.29, 1.82) is 0 Å². The van der Waals surface area contributed by atoms with E-state index in [0.717, 1.165) is 5.69 Å². The summed E-state index contributed by atoms with van der Waals surface area (Å²) in [6, 6.07) is 6.47. The number of anilines is 1. The summed E-state index contributed by atoms with van der Waals surface area (Å²) in [6.45, 7) is 2.09. The number of phenolic OH excluding ortho intramolecular Hbond substituents is 1. The molecule has 0 bridgehead atoms. The van der Waals surface area contributed by atoms with Crippen LogP contribution in [0.5, 0.6) is 5.75 Å². The van der Waals surface area contributed by atoms with Crippen LogP contribution >= 0.6 is 0 Å². The van der Waals surface area contributed by atoms with Gasteiger partial charge in [-0.05, 0) is 24.3 Å². The van der Waals surface area contributed by atoms with Crippen LogP contribution in [0.2, 0.25) is 0 Å². The summed E-state index contributed by atoms with van der Waals surface area (Å²) < 4.78 is 15.1. The molecule has 6 heteroatoms. The van der Waals surface area contributed by atoms with E-state index >= 15 is 0 Å². The highest BCUT2D eigenvalue weighted by molar-refractivity contribution is 5.74. The van der Waals surface area contributed by atoms with E-state index in [2.05, 4.69) is 5.32 Å². The first-order valence-corrected chi connectivity index (χ1v) is 6.47. The Hall–Kier alpha value is -1.79. The highest BCUT2D eigenvalue weighted by Gasteiger charge is 2.02. The molecule has 0 atom stereocenters. The third kappa shape index (κ3) is 7.60. The van der Waals surface area contributed by atoms with Crippen LogP contribution < -0.4 is 5.32 Å². The first-order chi connectivity index (χ1) is 9.72. The number of benzene rings is 1. The van der Waals surface area contributed by atoms with Gasteiger partial charge in [-0.2, -0.15) is 0 Å². The van der Waals surface area contributed by atoms with E-state index in [9.17, 15) is 4.79 Å². The molecule has 0 radical (unpaired) electrons. The molecule has 0 fully saturated rings. The largest absolute Gasteiger partial charge is 0.508 e. The molecule has 0 aliphatic carbocycles. The molecule has 0 saturated carbocycles. The highest BCUT2D eigenvalue weighted by atomic mass is 16.5. The normalized spacial score (nSPS) is 10.2. The molecule has 1 aromatic rings. The number of hydrogen-bond donors (Lipinski definition) is 2. The lowest BCUT2D eigenvalue weighted by molar-refractivity contribution is -0.141. The smallest absolute Gasteiger partial charge is 0.325 e. The minimum Gasteiger partial charge on any atom is -0.508 e. The zero-order valence-electron chi connectivity index (χ0n) is 11.6. The predicted octanol–water partition coefficient (Wildman–Crippen LogP) is 1.40. The van der Waals surface area contributed by atoms with Gasteiger partial charge in [0.25, 0.3) is 0 Å². The molecular formula is C14H21NO5. The quantitative estimate of drug-likeness (QED) is 0.384. The molecule has 1 aromatic carbocycles. The average Bonchev–Trinajstić information content (AvgIpc) is 2.46. The van der Waals surface area contributed by atoms with E-state index in [0.29, 0.717) is 32.8 Å². The minimum atomic E-state index is -0.324. The average molecular weight is 283 g/mol. The molecule has 112 valence electrons. The Bertz CT molecular complexity index is 380. The summed E-state index contributed by atoms with van der Waals surface area (Å²) in [5, 5.41) is 12.0. The first kappa shape index (κ1) is 16.3. The summed E-state index contributed by atoms with van der Waals surface area (Å²) in [6.07, 6.45) is 0.661. The molecule has 0 aliphatic heterocycles. The number of phenols is 1. The number of esters is 1. The van der Waals surface area contributed by atoms with Crippen LogP contribution in [-0.4, -0.2) is 51.2 Å². The number of hydrogen-bond acceptors (Lipinski definition) is 6. The molecule has 20 heavy (non-hydrogen) atoms. The van der Waals surface area contributed by atoms with Crippen LogP contribution in [-0.2, 0) is 19.0 Å². The minimum absolute atomic E-state index is 0.0926. The van der Waals surface area contributed by atoms with E-state index in [1.165, 1.54) is 0 Å². The van der Waals surface area contributed by atoms with Gasteiger partial charge in [0, 0.05) is 25.8 Å². The van der Waals surface area contributed by atoms with Crippen molar-refractivity contribution >= 4 is 11.7 Å². The van der Waals surface area contributed by atoms with Gasteiger partial charge in [0.15, 0.2) is 0 Å². The first-order valence-electron chi connectivity index (χ1n) is 6.47. The van der Waals surface area contributed by atoms with Crippen LogP contribution in [0.25, 0.3) is 0 Å². The third-order valence-corrected chi connectivity index (χ3v) is 2.43. The van der Waals surface area contributed by atoms with Crippen LogP contribution in [0.4, 0.5) is 5.69 Å². The van der Waals surface area contributed by atoms with Crippen molar-refractivity contribution in [3.8, 4) is 5.75 Å². The Kier molecular flexibility index (Phi) is 8.17. The Morgan fingerprint density at radius 3 is 2.60 bits per heavy atom. The van der Waals surface area contributed by atoms with Crippen molar-refractivity contribution < 1.29 is 24.1 Å². The number of ether oxygens (including phenoxy) is 3. The van der Waals surface area contributed by atoms with Gasteiger partial charge >= 0.3 is 5.97 Å². The number of methoxy groups -OCH3 is 1. The zero-order valence-corrected chi connectivity index (χ0v) is 11.6. The molecule has 0 aromatic heterocycles. The molecular weight excluding hydrogens is 262 g/mol. The molecule has 0 heterocycles.